The minimum atomic E-state index is -0.0162. The number of nitrogens with zero attached hydrogens (tertiary/aromatic N) is 1. The van der Waals surface area contributed by atoms with Crippen LogP contribution in [0.2, 0.25) is 0 Å². The van der Waals surface area contributed by atoms with Gasteiger partial charge in [-0.15, -0.1) is 0 Å². The maximum atomic E-state index is 12.0. The van der Waals surface area contributed by atoms with Gasteiger partial charge in [0.25, 0.3) is 0 Å². The molecule has 0 aliphatic carbocycles. The van der Waals surface area contributed by atoms with E-state index in [1.54, 1.807) is 0 Å². The molecule has 2 saturated heterocycles. The van der Waals surface area contributed by atoms with Gasteiger partial charge in [-0.25, -0.2) is 0 Å². The van der Waals surface area contributed by atoms with E-state index in [0.717, 1.165) is 19.4 Å². The van der Waals surface area contributed by atoms with Gasteiger partial charge in [0.15, 0.2) is 0 Å². The molecule has 20 heavy (non-hydrogen) atoms. The molecule has 0 saturated carbocycles. The maximum absolute atomic E-state index is 12.0. The van der Waals surface area contributed by atoms with Gasteiger partial charge in [-0.3, -0.25) is 9.69 Å². The second-order valence-corrected chi connectivity index (χ2v) is 6.03. The van der Waals surface area contributed by atoms with E-state index >= 15 is 0 Å². The van der Waals surface area contributed by atoms with Crippen LogP contribution in [0.3, 0.4) is 0 Å². The second-order valence-electron chi connectivity index (χ2n) is 6.03. The first-order valence-electron chi connectivity index (χ1n) is 7.67. The zero-order valence-corrected chi connectivity index (χ0v) is 12.1. The fourth-order valence-electron chi connectivity index (χ4n) is 3.92. The predicted molar refractivity (Wildman–Crippen MR) is 78.2 cm³/mol. The Kier molecular flexibility index (Phi) is 4.06. The Labute approximate surface area is 120 Å². The first-order valence-corrected chi connectivity index (χ1v) is 7.67. The molecular weight excluding hydrogens is 250 g/mol. The molecule has 2 aliphatic rings. The number of rotatable bonds is 3. The number of benzene rings is 1. The summed E-state index contributed by atoms with van der Waals surface area (Å²) in [4.78, 5) is 14.6. The molecule has 0 aromatic heterocycles. The number of carbonyl (C=O) groups is 1. The molecule has 0 unspecified atom stereocenters. The van der Waals surface area contributed by atoms with Crippen molar-refractivity contribution in [3.63, 3.8) is 0 Å². The van der Waals surface area contributed by atoms with Crippen LogP contribution < -0.4 is 0 Å². The van der Waals surface area contributed by atoms with E-state index in [4.69, 9.17) is 4.74 Å². The number of ether oxygens (including phenoxy) is 1. The molecule has 1 aromatic carbocycles. The Hall–Kier alpha value is -1.35. The molecule has 3 atom stereocenters. The zero-order chi connectivity index (χ0) is 13.9. The van der Waals surface area contributed by atoms with E-state index < -0.39 is 0 Å². The van der Waals surface area contributed by atoms with Crippen molar-refractivity contribution in [2.24, 2.45) is 5.92 Å². The summed E-state index contributed by atoms with van der Waals surface area (Å²) >= 11 is 0. The van der Waals surface area contributed by atoms with Crippen LogP contribution in [0.5, 0.6) is 0 Å². The minimum absolute atomic E-state index is 0.0162. The van der Waals surface area contributed by atoms with Crippen LogP contribution in [0.4, 0.5) is 0 Å². The van der Waals surface area contributed by atoms with Crippen molar-refractivity contribution in [2.45, 2.75) is 50.7 Å². The number of esters is 1. The third kappa shape index (κ3) is 2.59. The molecule has 108 valence electrons. The van der Waals surface area contributed by atoms with Crippen LogP contribution in [0.1, 0.15) is 37.7 Å². The largest absolute Gasteiger partial charge is 0.469 e. The summed E-state index contributed by atoms with van der Waals surface area (Å²) in [6, 6.07) is 11.5. The quantitative estimate of drug-likeness (QED) is 0.793. The third-order valence-corrected chi connectivity index (χ3v) is 4.88. The third-order valence-electron chi connectivity index (χ3n) is 4.88. The minimum Gasteiger partial charge on any atom is -0.469 e. The van der Waals surface area contributed by atoms with Crippen LogP contribution in [-0.4, -0.2) is 30.1 Å². The van der Waals surface area contributed by atoms with Gasteiger partial charge < -0.3 is 4.74 Å². The van der Waals surface area contributed by atoms with Crippen LogP contribution in [0.15, 0.2) is 30.3 Å². The lowest BCUT2D eigenvalue weighted by molar-refractivity contribution is -0.146. The average molecular weight is 273 g/mol. The SMILES string of the molecule is COC(=O)[C@H]1C[C@@H]2CCCC[C@H]1N2Cc1ccccc1. The fraction of sp³-hybridized carbons (Fsp3) is 0.588. The molecule has 0 amide bonds. The van der Waals surface area contributed by atoms with E-state index in [9.17, 15) is 4.79 Å². The van der Waals surface area contributed by atoms with Crippen molar-refractivity contribution in [3.05, 3.63) is 35.9 Å². The van der Waals surface area contributed by atoms with Crippen LogP contribution in [0, 0.1) is 5.92 Å². The summed E-state index contributed by atoms with van der Waals surface area (Å²) in [6.45, 7) is 0.962. The van der Waals surface area contributed by atoms with Gasteiger partial charge in [0.1, 0.15) is 0 Å². The highest BCUT2D eigenvalue weighted by molar-refractivity contribution is 5.73. The molecule has 0 N–H and O–H groups in total. The highest BCUT2D eigenvalue weighted by Gasteiger charge is 2.45. The van der Waals surface area contributed by atoms with Crippen molar-refractivity contribution >= 4 is 5.97 Å². The molecular formula is C17H23NO2. The first-order chi connectivity index (χ1) is 9.79. The number of hydrogen-bond donors (Lipinski definition) is 0. The Balaban J connectivity index is 1.80. The van der Waals surface area contributed by atoms with Gasteiger partial charge in [0.2, 0.25) is 0 Å². The highest BCUT2D eigenvalue weighted by Crippen LogP contribution is 2.39. The number of fused-ring (bicyclic) bond motifs is 2. The normalized spacial score (nSPS) is 29.9. The van der Waals surface area contributed by atoms with E-state index in [1.807, 2.05) is 0 Å². The van der Waals surface area contributed by atoms with Crippen molar-refractivity contribution < 1.29 is 9.53 Å². The molecule has 0 radical (unpaired) electrons. The van der Waals surface area contributed by atoms with Crippen LogP contribution in [0.25, 0.3) is 0 Å². The standard InChI is InChI=1S/C17H23NO2/c1-20-17(19)15-11-14-9-5-6-10-16(15)18(14)12-13-7-3-2-4-8-13/h2-4,7-8,14-16H,5-6,9-12H2,1H3/t14-,15-,16+/m0/s1. The Bertz CT molecular complexity index is 459. The molecule has 3 heteroatoms. The summed E-state index contributed by atoms with van der Waals surface area (Å²) in [6.07, 6.45) is 5.85. The molecule has 0 spiro atoms. The Morgan fingerprint density at radius 2 is 2.00 bits per heavy atom. The lowest BCUT2D eigenvalue weighted by Gasteiger charge is -2.29. The van der Waals surface area contributed by atoms with Gasteiger partial charge in [-0.1, -0.05) is 43.2 Å². The number of hydrogen-bond acceptors (Lipinski definition) is 3. The summed E-state index contributed by atoms with van der Waals surface area (Å²) in [7, 11) is 1.51. The Morgan fingerprint density at radius 3 is 2.75 bits per heavy atom. The summed E-state index contributed by atoms with van der Waals surface area (Å²) < 4.78 is 5.02. The second kappa shape index (κ2) is 5.96. The lowest BCUT2D eigenvalue weighted by Crippen LogP contribution is -2.37. The van der Waals surface area contributed by atoms with E-state index in [-0.39, 0.29) is 11.9 Å². The van der Waals surface area contributed by atoms with Crippen molar-refractivity contribution in [3.8, 4) is 0 Å². The molecule has 2 heterocycles. The molecule has 2 fully saturated rings. The average Bonchev–Trinajstić information content (AvgIpc) is 2.67. The van der Waals surface area contributed by atoms with Crippen LogP contribution in [-0.2, 0) is 16.1 Å². The van der Waals surface area contributed by atoms with Crippen LogP contribution >= 0.6 is 0 Å². The monoisotopic (exact) mass is 273 g/mol. The highest BCUT2D eigenvalue weighted by atomic mass is 16.5. The predicted octanol–water partition coefficient (Wildman–Crippen LogP) is 2.99. The van der Waals surface area contributed by atoms with Gasteiger partial charge in [-0.2, -0.15) is 0 Å². The van der Waals surface area contributed by atoms with Gasteiger partial charge in [0, 0.05) is 18.6 Å². The molecule has 1 aromatic rings. The van der Waals surface area contributed by atoms with E-state index in [1.165, 1.54) is 31.9 Å². The van der Waals surface area contributed by atoms with Crippen molar-refractivity contribution in [1.82, 2.24) is 4.90 Å². The molecule has 3 nitrogen and oxygen atoms in total. The summed E-state index contributed by atoms with van der Waals surface area (Å²) in [5, 5.41) is 0. The summed E-state index contributed by atoms with van der Waals surface area (Å²) in [5.74, 6) is 0.0615. The van der Waals surface area contributed by atoms with E-state index in [2.05, 4.69) is 35.2 Å². The van der Waals surface area contributed by atoms with Gasteiger partial charge in [-0.05, 0) is 24.8 Å². The zero-order valence-electron chi connectivity index (χ0n) is 12.1. The van der Waals surface area contributed by atoms with Crippen molar-refractivity contribution in [2.75, 3.05) is 7.11 Å². The van der Waals surface area contributed by atoms with Crippen molar-refractivity contribution in [1.29, 1.82) is 0 Å². The topological polar surface area (TPSA) is 29.5 Å². The number of methoxy groups -OCH3 is 1. The van der Waals surface area contributed by atoms with E-state index in [0.29, 0.717) is 12.1 Å². The van der Waals surface area contributed by atoms with Gasteiger partial charge >= 0.3 is 5.97 Å². The van der Waals surface area contributed by atoms with Gasteiger partial charge in [0.05, 0.1) is 13.0 Å². The summed E-state index contributed by atoms with van der Waals surface area (Å²) in [5.41, 5.74) is 1.34. The fourth-order valence-corrected chi connectivity index (χ4v) is 3.92. The molecule has 2 aliphatic heterocycles. The maximum Gasteiger partial charge on any atom is 0.310 e. The first kappa shape index (κ1) is 13.6. The molecule has 2 bridgehead atoms. The number of carbonyl (C=O) groups excluding carboxylic acids is 1. The lowest BCUT2D eigenvalue weighted by atomic mass is 9.91. The smallest absolute Gasteiger partial charge is 0.310 e. The molecule has 3 rings (SSSR count). The Morgan fingerprint density at radius 1 is 1.25 bits per heavy atom.